The van der Waals surface area contributed by atoms with Gasteiger partial charge in [0, 0.05) is 12.6 Å². The number of aromatic nitrogens is 2. The lowest BCUT2D eigenvalue weighted by Crippen LogP contribution is -2.39. The van der Waals surface area contributed by atoms with Gasteiger partial charge in [0.1, 0.15) is 11.6 Å². The van der Waals surface area contributed by atoms with E-state index in [-0.39, 0.29) is 0 Å². The normalized spacial score (nSPS) is 19.3. The highest BCUT2D eigenvalue weighted by molar-refractivity contribution is 5.55. The minimum Gasteiger partial charge on any atom is -0.366 e. The second kappa shape index (κ2) is 5.78. The van der Waals surface area contributed by atoms with Gasteiger partial charge < -0.3 is 10.6 Å². The number of nitrogens with zero attached hydrogens (tertiary/aromatic N) is 3. The Bertz CT molecular complexity index is 457. The van der Waals surface area contributed by atoms with E-state index in [1.54, 1.807) is 0 Å². The van der Waals surface area contributed by atoms with Gasteiger partial charge >= 0.3 is 0 Å². The van der Waals surface area contributed by atoms with Crippen molar-refractivity contribution in [3.63, 3.8) is 0 Å². The molecule has 2 heterocycles. The molecule has 5 nitrogen and oxygen atoms in total. The average molecular weight is 245 g/mol. The molecule has 1 fully saturated rings. The van der Waals surface area contributed by atoms with E-state index in [2.05, 4.69) is 26.9 Å². The molecule has 2 rings (SSSR count). The Labute approximate surface area is 108 Å². The van der Waals surface area contributed by atoms with Gasteiger partial charge in [-0.25, -0.2) is 0 Å². The van der Waals surface area contributed by atoms with Crippen LogP contribution in [-0.4, -0.2) is 29.3 Å². The van der Waals surface area contributed by atoms with Gasteiger partial charge in [0.05, 0.1) is 5.69 Å². The first-order chi connectivity index (χ1) is 8.72. The molecule has 2 N–H and O–H groups in total. The Morgan fingerprint density at radius 3 is 2.89 bits per heavy atom. The number of hydrogen-bond acceptors (Lipinski definition) is 5. The molecule has 18 heavy (non-hydrogen) atoms. The monoisotopic (exact) mass is 245 g/mol. The molecule has 1 aliphatic heterocycles. The summed E-state index contributed by atoms with van der Waals surface area (Å²) in [5.74, 6) is 0.605. The Morgan fingerprint density at radius 1 is 1.39 bits per heavy atom. The predicted molar refractivity (Wildman–Crippen MR) is 70.4 cm³/mol. The lowest BCUT2D eigenvalue weighted by atomic mass is 10.0. The van der Waals surface area contributed by atoms with Gasteiger partial charge in [0.15, 0.2) is 5.82 Å². The van der Waals surface area contributed by atoms with Crippen LogP contribution in [0.15, 0.2) is 0 Å². The van der Waals surface area contributed by atoms with Crippen molar-refractivity contribution in [1.82, 2.24) is 15.5 Å². The number of hydrogen-bond donors (Lipinski definition) is 2. The predicted octanol–water partition coefficient (Wildman–Crippen LogP) is 1.52. The summed E-state index contributed by atoms with van der Waals surface area (Å²) in [7, 11) is 0. The molecule has 1 unspecified atom stereocenters. The first-order valence-electron chi connectivity index (χ1n) is 6.43. The number of rotatable bonds is 3. The second-order valence-corrected chi connectivity index (χ2v) is 4.77. The van der Waals surface area contributed by atoms with Crippen LogP contribution in [0.5, 0.6) is 0 Å². The van der Waals surface area contributed by atoms with E-state index in [0.717, 1.165) is 24.3 Å². The molecule has 0 amide bonds. The Balaban J connectivity index is 2.05. The summed E-state index contributed by atoms with van der Waals surface area (Å²) < 4.78 is 0. The fourth-order valence-electron chi connectivity index (χ4n) is 2.19. The van der Waals surface area contributed by atoms with Crippen LogP contribution in [0.3, 0.4) is 0 Å². The molecule has 0 saturated carbocycles. The van der Waals surface area contributed by atoms with Crippen LogP contribution in [-0.2, 0) is 0 Å². The molecule has 1 aliphatic rings. The molecule has 0 bridgehead atoms. The molecule has 96 valence electrons. The maximum Gasteiger partial charge on any atom is 0.166 e. The van der Waals surface area contributed by atoms with E-state index >= 15 is 0 Å². The van der Waals surface area contributed by atoms with E-state index in [9.17, 15) is 5.26 Å². The van der Waals surface area contributed by atoms with Crippen LogP contribution >= 0.6 is 0 Å². The van der Waals surface area contributed by atoms with E-state index < -0.39 is 0 Å². The fraction of sp³-hybridized carbons (Fsp3) is 0.615. The van der Waals surface area contributed by atoms with Gasteiger partial charge in [-0.2, -0.15) is 10.4 Å². The van der Waals surface area contributed by atoms with Crippen LogP contribution in [0.4, 0.5) is 5.82 Å². The summed E-state index contributed by atoms with van der Waals surface area (Å²) in [4.78, 5) is 0. The zero-order valence-electron chi connectivity index (χ0n) is 11.0. The van der Waals surface area contributed by atoms with Gasteiger partial charge in [-0.1, -0.05) is 6.42 Å². The molecule has 1 atom stereocenters. The van der Waals surface area contributed by atoms with E-state index in [0.29, 0.717) is 17.4 Å². The number of aryl methyl sites for hydroxylation is 1. The summed E-state index contributed by atoms with van der Waals surface area (Å²) in [6.07, 6.45) is 3.69. The molecule has 5 heteroatoms. The Morgan fingerprint density at radius 2 is 2.22 bits per heavy atom. The van der Waals surface area contributed by atoms with Crippen molar-refractivity contribution in [2.45, 2.75) is 39.2 Å². The Hall–Kier alpha value is -1.67. The molecular formula is C13H19N5. The maximum atomic E-state index is 9.19. The van der Waals surface area contributed by atoms with Gasteiger partial charge in [-0.3, -0.25) is 0 Å². The molecule has 1 aromatic rings. The molecular weight excluding hydrogens is 226 g/mol. The van der Waals surface area contributed by atoms with Crippen molar-refractivity contribution in [3.8, 4) is 6.07 Å². The van der Waals surface area contributed by atoms with Crippen LogP contribution in [0, 0.1) is 25.2 Å². The van der Waals surface area contributed by atoms with Gasteiger partial charge in [0.2, 0.25) is 0 Å². The van der Waals surface area contributed by atoms with E-state index in [4.69, 9.17) is 0 Å². The molecule has 1 saturated heterocycles. The highest BCUT2D eigenvalue weighted by atomic mass is 15.2. The van der Waals surface area contributed by atoms with Gasteiger partial charge in [-0.15, -0.1) is 5.10 Å². The van der Waals surface area contributed by atoms with Gasteiger partial charge in [0.25, 0.3) is 0 Å². The lowest BCUT2D eigenvalue weighted by Gasteiger charge is -2.24. The highest BCUT2D eigenvalue weighted by Crippen LogP contribution is 2.17. The van der Waals surface area contributed by atoms with Crippen LogP contribution < -0.4 is 10.6 Å². The third-order valence-electron chi connectivity index (χ3n) is 3.49. The molecule has 0 aromatic carbocycles. The first kappa shape index (κ1) is 12.8. The first-order valence-corrected chi connectivity index (χ1v) is 6.43. The zero-order chi connectivity index (χ0) is 13.0. The lowest BCUT2D eigenvalue weighted by molar-refractivity contribution is 0.414. The third-order valence-corrected chi connectivity index (χ3v) is 3.49. The Kier molecular flexibility index (Phi) is 4.11. The van der Waals surface area contributed by atoms with Crippen molar-refractivity contribution in [3.05, 3.63) is 16.8 Å². The van der Waals surface area contributed by atoms with Crippen molar-refractivity contribution in [2.24, 2.45) is 0 Å². The van der Waals surface area contributed by atoms with Crippen LogP contribution in [0.1, 0.15) is 36.1 Å². The summed E-state index contributed by atoms with van der Waals surface area (Å²) >= 11 is 0. The van der Waals surface area contributed by atoms with Crippen molar-refractivity contribution in [2.75, 3.05) is 18.4 Å². The largest absolute Gasteiger partial charge is 0.366 e. The summed E-state index contributed by atoms with van der Waals surface area (Å²) in [5, 5.41) is 24.0. The van der Waals surface area contributed by atoms with Gasteiger partial charge in [-0.05, 0) is 38.8 Å². The van der Waals surface area contributed by atoms with Crippen LogP contribution in [0.2, 0.25) is 0 Å². The summed E-state index contributed by atoms with van der Waals surface area (Å²) in [6, 6.07) is 2.67. The van der Waals surface area contributed by atoms with E-state index in [1.165, 1.54) is 19.3 Å². The van der Waals surface area contributed by atoms with Crippen molar-refractivity contribution in [1.29, 1.82) is 5.26 Å². The quantitative estimate of drug-likeness (QED) is 0.844. The molecule has 1 aromatic heterocycles. The maximum absolute atomic E-state index is 9.19. The van der Waals surface area contributed by atoms with Crippen molar-refractivity contribution >= 4 is 5.82 Å². The molecule has 0 radical (unpaired) electrons. The molecule has 0 spiro atoms. The minimum absolute atomic E-state index is 0.466. The topological polar surface area (TPSA) is 73.6 Å². The fourth-order valence-corrected chi connectivity index (χ4v) is 2.19. The second-order valence-electron chi connectivity index (χ2n) is 4.77. The summed E-state index contributed by atoms with van der Waals surface area (Å²) in [6.45, 7) is 5.66. The smallest absolute Gasteiger partial charge is 0.166 e. The number of nitriles is 1. The standard InChI is InChI=1S/C13H19N5/c1-9-10(2)17-18-13(12(9)7-14)16-8-11-5-3-4-6-15-11/h11,15H,3-6,8H2,1-2H3,(H,16,18). The van der Waals surface area contributed by atoms with E-state index in [1.807, 2.05) is 13.8 Å². The van der Waals surface area contributed by atoms with Crippen molar-refractivity contribution < 1.29 is 0 Å². The highest BCUT2D eigenvalue weighted by Gasteiger charge is 2.15. The zero-order valence-corrected chi connectivity index (χ0v) is 11.0. The number of piperidine rings is 1. The molecule has 0 aliphatic carbocycles. The average Bonchev–Trinajstić information content (AvgIpc) is 2.41. The summed E-state index contributed by atoms with van der Waals surface area (Å²) in [5.41, 5.74) is 2.33. The number of nitrogens with one attached hydrogen (secondary N) is 2. The number of anilines is 1. The SMILES string of the molecule is Cc1nnc(NCC2CCCCN2)c(C#N)c1C. The third kappa shape index (κ3) is 2.77. The minimum atomic E-state index is 0.466. The van der Waals surface area contributed by atoms with Crippen LogP contribution in [0.25, 0.3) is 0 Å².